The molecular formula is C17H20ClN3O2S. The fourth-order valence-electron chi connectivity index (χ4n) is 2.79. The standard InChI is InChI=1S/C17H20ClN3O2S/c18-15-4-6-17(7-5-15)20-10-12-21(13-11-20)24(22,23)14-8-16-3-1-2-9-19-16/h1-7,9H,8,10-14H2. The number of nitrogens with zero attached hydrogens (tertiary/aromatic N) is 3. The molecular weight excluding hydrogens is 346 g/mol. The van der Waals surface area contributed by atoms with Gasteiger partial charge in [-0.2, -0.15) is 4.31 Å². The normalized spacial score (nSPS) is 16.3. The molecule has 1 fully saturated rings. The molecule has 0 saturated carbocycles. The number of hydrogen-bond acceptors (Lipinski definition) is 4. The molecule has 1 aromatic heterocycles. The Bertz CT molecular complexity index is 758. The molecule has 0 atom stereocenters. The molecule has 0 radical (unpaired) electrons. The average molecular weight is 366 g/mol. The monoisotopic (exact) mass is 365 g/mol. The minimum absolute atomic E-state index is 0.102. The van der Waals surface area contributed by atoms with Gasteiger partial charge < -0.3 is 4.90 Å². The number of aromatic nitrogens is 1. The van der Waals surface area contributed by atoms with Gasteiger partial charge in [-0.05, 0) is 36.4 Å². The Labute approximate surface area is 147 Å². The van der Waals surface area contributed by atoms with Gasteiger partial charge in [0.05, 0.1) is 5.75 Å². The second-order valence-corrected chi connectivity index (χ2v) is 8.27. The lowest BCUT2D eigenvalue weighted by Crippen LogP contribution is -2.49. The molecule has 0 unspecified atom stereocenters. The van der Waals surface area contributed by atoms with Crippen LogP contribution in [0, 0.1) is 0 Å². The highest BCUT2D eigenvalue weighted by Crippen LogP contribution is 2.20. The third-order valence-electron chi connectivity index (χ3n) is 4.17. The van der Waals surface area contributed by atoms with Crippen molar-refractivity contribution in [2.75, 3.05) is 36.8 Å². The lowest BCUT2D eigenvalue weighted by Gasteiger charge is -2.35. The quantitative estimate of drug-likeness (QED) is 0.816. The van der Waals surface area contributed by atoms with Crippen molar-refractivity contribution in [3.63, 3.8) is 0 Å². The molecule has 5 nitrogen and oxygen atoms in total. The van der Waals surface area contributed by atoms with Gasteiger partial charge in [0.2, 0.25) is 10.0 Å². The van der Waals surface area contributed by atoms with Gasteiger partial charge in [-0.3, -0.25) is 4.98 Å². The number of piperazine rings is 1. The summed E-state index contributed by atoms with van der Waals surface area (Å²) in [5.74, 6) is 0.102. The zero-order valence-electron chi connectivity index (χ0n) is 13.3. The van der Waals surface area contributed by atoms with Crippen LogP contribution in [-0.2, 0) is 16.4 Å². The number of pyridine rings is 1. The van der Waals surface area contributed by atoms with E-state index in [0.29, 0.717) is 37.6 Å². The van der Waals surface area contributed by atoms with E-state index in [4.69, 9.17) is 11.6 Å². The van der Waals surface area contributed by atoms with Gasteiger partial charge >= 0.3 is 0 Å². The summed E-state index contributed by atoms with van der Waals surface area (Å²) in [4.78, 5) is 6.37. The zero-order chi connectivity index (χ0) is 17.0. The molecule has 0 N–H and O–H groups in total. The van der Waals surface area contributed by atoms with Crippen molar-refractivity contribution in [1.82, 2.24) is 9.29 Å². The van der Waals surface area contributed by atoms with Crippen LogP contribution in [0.25, 0.3) is 0 Å². The Morgan fingerprint density at radius 3 is 2.33 bits per heavy atom. The van der Waals surface area contributed by atoms with Gasteiger partial charge in [-0.1, -0.05) is 17.7 Å². The first-order valence-electron chi connectivity index (χ1n) is 7.93. The number of sulfonamides is 1. The second-order valence-electron chi connectivity index (χ2n) is 5.75. The third-order valence-corrected chi connectivity index (χ3v) is 6.29. The fourth-order valence-corrected chi connectivity index (χ4v) is 4.36. The van der Waals surface area contributed by atoms with E-state index in [0.717, 1.165) is 11.4 Å². The van der Waals surface area contributed by atoms with Crippen molar-refractivity contribution in [3.05, 3.63) is 59.4 Å². The summed E-state index contributed by atoms with van der Waals surface area (Å²) in [6, 6.07) is 13.2. The smallest absolute Gasteiger partial charge is 0.214 e. The molecule has 2 heterocycles. The van der Waals surface area contributed by atoms with Crippen LogP contribution in [0.15, 0.2) is 48.7 Å². The summed E-state index contributed by atoms with van der Waals surface area (Å²) in [7, 11) is -3.25. The van der Waals surface area contributed by atoms with E-state index in [1.165, 1.54) is 0 Å². The van der Waals surface area contributed by atoms with E-state index in [9.17, 15) is 8.42 Å². The highest BCUT2D eigenvalue weighted by molar-refractivity contribution is 7.89. The predicted octanol–water partition coefficient (Wildman–Crippen LogP) is 2.43. The lowest BCUT2D eigenvalue weighted by molar-refractivity contribution is 0.385. The number of anilines is 1. The molecule has 3 rings (SSSR count). The minimum atomic E-state index is -3.25. The SMILES string of the molecule is O=S(=O)(CCc1ccccn1)N1CCN(c2ccc(Cl)cc2)CC1. The van der Waals surface area contributed by atoms with Gasteiger partial charge in [-0.15, -0.1) is 0 Å². The number of halogens is 1. The highest BCUT2D eigenvalue weighted by atomic mass is 35.5. The first-order chi connectivity index (χ1) is 11.5. The number of aryl methyl sites for hydroxylation is 1. The van der Waals surface area contributed by atoms with Crippen molar-refractivity contribution in [2.45, 2.75) is 6.42 Å². The maximum atomic E-state index is 12.5. The van der Waals surface area contributed by atoms with Gasteiger partial charge in [0, 0.05) is 55.2 Å². The van der Waals surface area contributed by atoms with E-state index in [1.54, 1.807) is 10.5 Å². The molecule has 1 saturated heterocycles. The summed E-state index contributed by atoms with van der Waals surface area (Å²) in [6.45, 7) is 2.38. The van der Waals surface area contributed by atoms with Gasteiger partial charge in [0.25, 0.3) is 0 Å². The van der Waals surface area contributed by atoms with Crippen LogP contribution >= 0.6 is 11.6 Å². The predicted molar refractivity (Wildman–Crippen MR) is 97.0 cm³/mol. The highest BCUT2D eigenvalue weighted by Gasteiger charge is 2.26. The van der Waals surface area contributed by atoms with Gasteiger partial charge in [0.15, 0.2) is 0 Å². The zero-order valence-corrected chi connectivity index (χ0v) is 14.9. The molecule has 1 aliphatic heterocycles. The van der Waals surface area contributed by atoms with E-state index in [1.807, 2.05) is 42.5 Å². The maximum Gasteiger partial charge on any atom is 0.214 e. The Hall–Kier alpha value is -1.63. The van der Waals surface area contributed by atoms with Crippen molar-refractivity contribution >= 4 is 27.3 Å². The molecule has 0 aliphatic carbocycles. The Kier molecular flexibility index (Phi) is 5.38. The molecule has 7 heteroatoms. The van der Waals surface area contributed by atoms with Gasteiger partial charge in [-0.25, -0.2) is 8.42 Å². The van der Waals surface area contributed by atoms with Crippen molar-refractivity contribution < 1.29 is 8.42 Å². The summed E-state index contributed by atoms with van der Waals surface area (Å²) >= 11 is 5.91. The lowest BCUT2D eigenvalue weighted by atomic mass is 10.2. The van der Waals surface area contributed by atoms with Crippen LogP contribution in [0.1, 0.15) is 5.69 Å². The number of hydrogen-bond donors (Lipinski definition) is 0. The van der Waals surface area contributed by atoms with E-state index in [2.05, 4.69) is 9.88 Å². The summed E-state index contributed by atoms with van der Waals surface area (Å²) in [5, 5.41) is 0.703. The van der Waals surface area contributed by atoms with Crippen LogP contribution in [-0.4, -0.2) is 49.6 Å². The summed E-state index contributed by atoms with van der Waals surface area (Å²) < 4.78 is 26.6. The van der Waals surface area contributed by atoms with Crippen molar-refractivity contribution in [1.29, 1.82) is 0 Å². The number of benzene rings is 1. The van der Waals surface area contributed by atoms with Crippen LogP contribution in [0.5, 0.6) is 0 Å². The molecule has 128 valence electrons. The third kappa shape index (κ3) is 4.26. The van der Waals surface area contributed by atoms with E-state index in [-0.39, 0.29) is 5.75 Å². The van der Waals surface area contributed by atoms with Crippen molar-refractivity contribution in [2.24, 2.45) is 0 Å². The molecule has 0 bridgehead atoms. The van der Waals surface area contributed by atoms with Crippen LogP contribution < -0.4 is 4.90 Å². The molecule has 1 aromatic carbocycles. The molecule has 1 aliphatic rings. The van der Waals surface area contributed by atoms with E-state index >= 15 is 0 Å². The second kappa shape index (κ2) is 7.51. The Balaban J connectivity index is 1.56. The molecule has 0 spiro atoms. The molecule has 0 amide bonds. The topological polar surface area (TPSA) is 53.5 Å². The Morgan fingerprint density at radius 2 is 1.71 bits per heavy atom. The summed E-state index contributed by atoms with van der Waals surface area (Å²) in [5.41, 5.74) is 1.88. The Morgan fingerprint density at radius 1 is 1.00 bits per heavy atom. The van der Waals surface area contributed by atoms with Crippen LogP contribution in [0.2, 0.25) is 5.02 Å². The van der Waals surface area contributed by atoms with E-state index < -0.39 is 10.0 Å². The first-order valence-corrected chi connectivity index (χ1v) is 9.91. The van der Waals surface area contributed by atoms with Crippen LogP contribution in [0.4, 0.5) is 5.69 Å². The van der Waals surface area contributed by atoms with Gasteiger partial charge in [0.1, 0.15) is 0 Å². The largest absolute Gasteiger partial charge is 0.369 e. The van der Waals surface area contributed by atoms with Crippen LogP contribution in [0.3, 0.4) is 0 Å². The maximum absolute atomic E-state index is 12.5. The molecule has 2 aromatic rings. The minimum Gasteiger partial charge on any atom is -0.369 e. The first kappa shape index (κ1) is 17.2. The fraction of sp³-hybridized carbons (Fsp3) is 0.353. The molecule has 24 heavy (non-hydrogen) atoms. The average Bonchev–Trinajstić information content (AvgIpc) is 2.62. The number of rotatable bonds is 5. The van der Waals surface area contributed by atoms with Crippen molar-refractivity contribution in [3.8, 4) is 0 Å². The summed E-state index contributed by atoms with van der Waals surface area (Å²) in [6.07, 6.45) is 2.13.